The maximum absolute atomic E-state index is 13.7. The number of alkyl halides is 4. The van der Waals surface area contributed by atoms with Crippen molar-refractivity contribution >= 4 is 27.5 Å². The Labute approximate surface area is 132 Å². The SMILES string of the molecule is Fc1cccc(Cl)c1CC(Br)c1ccccc1C(F)(F)F. The fraction of sp³-hybridized carbons (Fsp3) is 0.200. The van der Waals surface area contributed by atoms with E-state index >= 15 is 0 Å². The van der Waals surface area contributed by atoms with E-state index in [-0.39, 0.29) is 22.6 Å². The van der Waals surface area contributed by atoms with Crippen LogP contribution in [0.25, 0.3) is 0 Å². The summed E-state index contributed by atoms with van der Waals surface area (Å²) in [5, 5.41) is 0.198. The van der Waals surface area contributed by atoms with Gasteiger partial charge in [0.1, 0.15) is 5.82 Å². The standard InChI is InChI=1S/C15H10BrClF4/c16-12(8-10-13(17)6-3-7-14(10)18)9-4-1-2-5-11(9)15(19,20)21/h1-7,12H,8H2. The molecule has 0 aliphatic carbocycles. The lowest BCUT2D eigenvalue weighted by atomic mass is 9.99. The van der Waals surface area contributed by atoms with E-state index in [1.54, 1.807) is 0 Å². The molecule has 2 aromatic carbocycles. The lowest BCUT2D eigenvalue weighted by Gasteiger charge is -2.18. The molecule has 0 aliphatic heterocycles. The van der Waals surface area contributed by atoms with E-state index < -0.39 is 22.4 Å². The first-order chi connectivity index (χ1) is 9.80. The van der Waals surface area contributed by atoms with Gasteiger partial charge in [0, 0.05) is 15.4 Å². The summed E-state index contributed by atoms with van der Waals surface area (Å²) in [7, 11) is 0. The molecule has 1 atom stereocenters. The Balaban J connectivity index is 2.36. The zero-order chi connectivity index (χ0) is 15.6. The van der Waals surface area contributed by atoms with Crippen LogP contribution in [0, 0.1) is 5.82 Å². The van der Waals surface area contributed by atoms with Gasteiger partial charge in [0.15, 0.2) is 0 Å². The molecule has 0 saturated heterocycles. The number of hydrogen-bond donors (Lipinski definition) is 0. The van der Waals surface area contributed by atoms with Gasteiger partial charge >= 0.3 is 6.18 Å². The van der Waals surface area contributed by atoms with Gasteiger partial charge in [-0.1, -0.05) is 51.8 Å². The van der Waals surface area contributed by atoms with E-state index in [1.165, 1.54) is 36.4 Å². The summed E-state index contributed by atoms with van der Waals surface area (Å²) in [6.07, 6.45) is -4.43. The van der Waals surface area contributed by atoms with Gasteiger partial charge < -0.3 is 0 Å². The van der Waals surface area contributed by atoms with Crippen LogP contribution < -0.4 is 0 Å². The Morgan fingerprint density at radius 3 is 2.33 bits per heavy atom. The van der Waals surface area contributed by atoms with Gasteiger partial charge in [0.25, 0.3) is 0 Å². The molecule has 0 aliphatic rings. The molecule has 0 fully saturated rings. The zero-order valence-corrected chi connectivity index (χ0v) is 12.9. The Morgan fingerprint density at radius 1 is 1.05 bits per heavy atom. The molecule has 0 saturated carbocycles. The highest BCUT2D eigenvalue weighted by Crippen LogP contribution is 2.39. The first-order valence-electron chi connectivity index (χ1n) is 6.03. The summed E-state index contributed by atoms with van der Waals surface area (Å²) in [6.45, 7) is 0. The van der Waals surface area contributed by atoms with Crippen LogP contribution in [-0.4, -0.2) is 0 Å². The maximum Gasteiger partial charge on any atom is 0.416 e. The van der Waals surface area contributed by atoms with Crippen molar-refractivity contribution in [1.82, 2.24) is 0 Å². The summed E-state index contributed by atoms with van der Waals surface area (Å²) in [5.41, 5.74) is -0.485. The van der Waals surface area contributed by atoms with Crippen molar-refractivity contribution in [3.05, 3.63) is 70.0 Å². The second-order valence-corrected chi connectivity index (χ2v) is 5.97. The van der Waals surface area contributed by atoms with E-state index in [2.05, 4.69) is 15.9 Å². The summed E-state index contributed by atoms with van der Waals surface area (Å²) < 4.78 is 52.7. The first-order valence-corrected chi connectivity index (χ1v) is 7.33. The molecule has 1 unspecified atom stereocenters. The second kappa shape index (κ2) is 6.36. The molecule has 112 valence electrons. The molecule has 0 bridgehead atoms. The molecule has 0 aromatic heterocycles. The van der Waals surface area contributed by atoms with Gasteiger partial charge in [-0.3, -0.25) is 0 Å². The van der Waals surface area contributed by atoms with Crippen molar-refractivity contribution in [2.45, 2.75) is 17.4 Å². The summed E-state index contributed by atoms with van der Waals surface area (Å²) in [4.78, 5) is -0.690. The van der Waals surface area contributed by atoms with Crippen molar-refractivity contribution in [3.8, 4) is 0 Å². The lowest BCUT2D eigenvalue weighted by molar-refractivity contribution is -0.138. The maximum atomic E-state index is 13.7. The predicted octanol–water partition coefficient (Wildman–Crippen LogP) is 6.18. The van der Waals surface area contributed by atoms with Crippen LogP contribution in [0.1, 0.15) is 21.5 Å². The van der Waals surface area contributed by atoms with E-state index in [0.717, 1.165) is 6.07 Å². The average Bonchev–Trinajstić information content (AvgIpc) is 2.42. The number of benzene rings is 2. The van der Waals surface area contributed by atoms with Crippen LogP contribution in [0.5, 0.6) is 0 Å². The largest absolute Gasteiger partial charge is 0.416 e. The summed E-state index contributed by atoms with van der Waals surface area (Å²) in [5.74, 6) is -0.531. The Hall–Kier alpha value is -1.07. The Bertz CT molecular complexity index is 620. The van der Waals surface area contributed by atoms with Crippen molar-refractivity contribution in [3.63, 3.8) is 0 Å². The normalized spacial score (nSPS) is 13.2. The molecule has 0 radical (unpaired) electrons. The number of hydrogen-bond acceptors (Lipinski definition) is 0. The van der Waals surface area contributed by atoms with Gasteiger partial charge in [0.2, 0.25) is 0 Å². The third-order valence-electron chi connectivity index (χ3n) is 3.05. The average molecular weight is 382 g/mol. The molecule has 6 heteroatoms. The van der Waals surface area contributed by atoms with E-state index in [0.29, 0.717) is 0 Å². The van der Waals surface area contributed by atoms with Gasteiger partial charge in [-0.15, -0.1) is 0 Å². The van der Waals surface area contributed by atoms with Crippen molar-refractivity contribution in [2.24, 2.45) is 0 Å². The molecule has 0 heterocycles. The minimum absolute atomic E-state index is 0.0264. The van der Waals surface area contributed by atoms with Gasteiger partial charge in [-0.25, -0.2) is 4.39 Å². The Kier molecular flexibility index (Phi) is 4.94. The second-order valence-electron chi connectivity index (χ2n) is 4.46. The monoisotopic (exact) mass is 380 g/mol. The van der Waals surface area contributed by atoms with Crippen LogP contribution in [0.3, 0.4) is 0 Å². The van der Waals surface area contributed by atoms with Gasteiger partial charge in [0.05, 0.1) is 5.56 Å². The van der Waals surface area contributed by atoms with Crippen LogP contribution >= 0.6 is 27.5 Å². The predicted molar refractivity (Wildman–Crippen MR) is 78.2 cm³/mol. The molecule has 2 aromatic rings. The smallest absolute Gasteiger partial charge is 0.207 e. The fourth-order valence-corrected chi connectivity index (χ4v) is 3.01. The minimum atomic E-state index is -4.46. The highest BCUT2D eigenvalue weighted by atomic mass is 79.9. The van der Waals surface area contributed by atoms with E-state index in [1.807, 2.05) is 0 Å². The topological polar surface area (TPSA) is 0 Å². The van der Waals surface area contributed by atoms with Crippen LogP contribution in [0.2, 0.25) is 5.02 Å². The Morgan fingerprint density at radius 2 is 1.71 bits per heavy atom. The van der Waals surface area contributed by atoms with Gasteiger partial charge in [-0.2, -0.15) is 13.2 Å². The molecule has 0 amide bonds. The molecular weight excluding hydrogens is 372 g/mol. The third kappa shape index (κ3) is 3.77. The summed E-state index contributed by atoms with van der Waals surface area (Å²) in [6, 6.07) is 9.41. The van der Waals surface area contributed by atoms with Gasteiger partial charge in [-0.05, 0) is 30.2 Å². The van der Waals surface area contributed by atoms with Crippen molar-refractivity contribution < 1.29 is 17.6 Å². The molecule has 0 nitrogen and oxygen atoms in total. The third-order valence-corrected chi connectivity index (χ3v) is 4.22. The summed E-state index contributed by atoms with van der Waals surface area (Å²) >= 11 is 9.12. The molecular formula is C15H10BrClF4. The van der Waals surface area contributed by atoms with Crippen molar-refractivity contribution in [2.75, 3.05) is 0 Å². The lowest BCUT2D eigenvalue weighted by Crippen LogP contribution is -2.11. The molecule has 0 N–H and O–H groups in total. The fourth-order valence-electron chi connectivity index (χ4n) is 2.04. The quantitative estimate of drug-likeness (QED) is 0.440. The number of rotatable bonds is 3. The highest BCUT2D eigenvalue weighted by molar-refractivity contribution is 9.09. The highest BCUT2D eigenvalue weighted by Gasteiger charge is 2.34. The zero-order valence-electron chi connectivity index (χ0n) is 10.6. The minimum Gasteiger partial charge on any atom is -0.207 e. The molecule has 21 heavy (non-hydrogen) atoms. The molecule has 2 rings (SSSR count). The van der Waals surface area contributed by atoms with Crippen LogP contribution in [0.15, 0.2) is 42.5 Å². The van der Waals surface area contributed by atoms with Crippen molar-refractivity contribution in [1.29, 1.82) is 0 Å². The number of halogens is 6. The van der Waals surface area contributed by atoms with Crippen LogP contribution in [0.4, 0.5) is 17.6 Å². The first kappa shape index (κ1) is 16.3. The van der Waals surface area contributed by atoms with Crippen LogP contribution in [-0.2, 0) is 12.6 Å². The van der Waals surface area contributed by atoms with E-state index in [9.17, 15) is 17.6 Å². The van der Waals surface area contributed by atoms with E-state index in [4.69, 9.17) is 11.6 Å². The molecule has 0 spiro atoms.